The molecule has 2 fully saturated rings. The molecule has 1 unspecified atom stereocenters. The number of rotatable bonds is 19. The van der Waals surface area contributed by atoms with Gasteiger partial charge >= 0.3 is 7.60 Å². The van der Waals surface area contributed by atoms with Crippen molar-refractivity contribution < 1.29 is 32.7 Å². The predicted octanol–water partition coefficient (Wildman–Crippen LogP) is 7.41. The Morgan fingerprint density at radius 3 is 2.48 bits per heavy atom. The first kappa shape index (κ1) is 44.4. The van der Waals surface area contributed by atoms with Crippen LogP contribution in [0.1, 0.15) is 67.3 Å². The summed E-state index contributed by atoms with van der Waals surface area (Å²) in [5.41, 5.74) is 3.85. The van der Waals surface area contributed by atoms with Gasteiger partial charge in [0.25, 0.3) is 5.91 Å². The molecular weight excluding hydrogens is 839 g/mol. The average molecular weight is 891 g/mol. The Balaban J connectivity index is 0.811. The fourth-order valence-corrected chi connectivity index (χ4v) is 10.2. The van der Waals surface area contributed by atoms with Gasteiger partial charge in [0.05, 0.1) is 30.0 Å². The molecule has 0 radical (unpaired) electrons. The molecule has 4 N–H and O–H groups in total. The van der Waals surface area contributed by atoms with Crippen LogP contribution in [0, 0.1) is 0 Å². The molecule has 0 saturated carbocycles. The van der Waals surface area contributed by atoms with Crippen molar-refractivity contribution in [3.8, 4) is 5.75 Å². The number of nitrogens with one attached hydrogen (secondary N) is 4. The highest BCUT2D eigenvalue weighted by Gasteiger charge is 2.39. The maximum Gasteiger partial charge on any atom is 0.362 e. The Labute approximate surface area is 365 Å². The standard InChI is InChI=1S/C43H52ClN8O7PS/c1-57-37-25-30(12-15-34(37)48-43-46-26-33(44)40(50-43)47-35-10-6-7-11-38(35)60(56,58-2)59-3)51-21-18-29(19-22-51)45-20-8-4-5-9-23-61-31-13-14-32-28(24-31)27-52(42(32)55)36-16-17-39(53)49-41(36)54/h6-7,10-15,24-26,29,36,45H,4-5,8-9,16-23,27H2,1-3H3,(H,49,53,54)(H2,46,47,48,50). The second-order valence-corrected chi connectivity index (χ2v) is 18.9. The average Bonchev–Trinajstić information content (AvgIpc) is 3.60. The summed E-state index contributed by atoms with van der Waals surface area (Å²) in [6.07, 6.45) is 8.81. The molecule has 4 aromatic rings. The molecule has 0 spiro atoms. The summed E-state index contributed by atoms with van der Waals surface area (Å²) in [5, 5.41) is 13.2. The Morgan fingerprint density at radius 1 is 0.918 bits per heavy atom. The number of amides is 3. The highest BCUT2D eigenvalue weighted by molar-refractivity contribution is 7.99. The SMILES string of the molecule is COc1cc(N2CCC(NCCCCCCSc3ccc4c(c3)CN(C3CCC(=O)NC3=O)C4=O)CC2)ccc1Nc1ncc(Cl)c(Nc2ccccc2P(=O)(OC)OC)n1. The van der Waals surface area contributed by atoms with Gasteiger partial charge in [-0.25, -0.2) is 4.98 Å². The summed E-state index contributed by atoms with van der Waals surface area (Å²) < 4.78 is 29.4. The van der Waals surface area contributed by atoms with E-state index in [9.17, 15) is 18.9 Å². The van der Waals surface area contributed by atoms with Crippen LogP contribution >= 0.6 is 31.0 Å². The van der Waals surface area contributed by atoms with Gasteiger partial charge in [-0.05, 0) is 92.4 Å². The van der Waals surface area contributed by atoms with E-state index in [2.05, 4.69) is 48.3 Å². The molecule has 324 valence electrons. The van der Waals surface area contributed by atoms with E-state index in [1.165, 1.54) is 26.8 Å². The molecule has 15 nitrogen and oxygen atoms in total. The molecule has 3 aliphatic rings. The number of unbranched alkanes of at least 4 members (excludes halogenated alkanes) is 3. The van der Waals surface area contributed by atoms with Crippen LogP contribution in [0.25, 0.3) is 0 Å². The number of benzene rings is 3. The Morgan fingerprint density at radius 2 is 1.70 bits per heavy atom. The highest BCUT2D eigenvalue weighted by Crippen LogP contribution is 2.47. The summed E-state index contributed by atoms with van der Waals surface area (Å²) in [4.78, 5) is 51.0. The minimum absolute atomic E-state index is 0.136. The van der Waals surface area contributed by atoms with Gasteiger partial charge in [-0.2, -0.15) is 4.98 Å². The van der Waals surface area contributed by atoms with Crippen molar-refractivity contribution in [1.82, 2.24) is 25.5 Å². The van der Waals surface area contributed by atoms with Crippen molar-refractivity contribution in [2.45, 2.75) is 74.9 Å². The lowest BCUT2D eigenvalue weighted by atomic mass is 10.0. The minimum Gasteiger partial charge on any atom is -0.494 e. The number of hydrogen-bond donors (Lipinski definition) is 4. The Bertz CT molecular complexity index is 2270. The smallest absolute Gasteiger partial charge is 0.362 e. The van der Waals surface area contributed by atoms with E-state index in [1.807, 2.05) is 24.3 Å². The molecule has 1 atom stereocenters. The number of fused-ring (bicyclic) bond motifs is 1. The normalized spacial score (nSPS) is 17.0. The van der Waals surface area contributed by atoms with Gasteiger partial charge in [0.15, 0.2) is 5.82 Å². The number of thioether (sulfide) groups is 1. The molecule has 0 aliphatic carbocycles. The van der Waals surface area contributed by atoms with Crippen LogP contribution in [0.3, 0.4) is 0 Å². The number of hydrogen-bond acceptors (Lipinski definition) is 14. The molecule has 3 aromatic carbocycles. The molecule has 0 bridgehead atoms. The molecule has 2 saturated heterocycles. The monoisotopic (exact) mass is 890 g/mol. The molecule has 1 aromatic heterocycles. The van der Waals surface area contributed by atoms with Crippen LogP contribution in [0.4, 0.5) is 28.8 Å². The number of para-hydroxylation sites is 1. The van der Waals surface area contributed by atoms with Crippen molar-refractivity contribution in [3.05, 3.63) is 83.0 Å². The number of methoxy groups -OCH3 is 1. The third-order valence-electron chi connectivity index (χ3n) is 11.2. The van der Waals surface area contributed by atoms with Crippen LogP contribution in [-0.2, 0) is 29.7 Å². The van der Waals surface area contributed by atoms with Gasteiger partial charge < -0.3 is 39.5 Å². The van der Waals surface area contributed by atoms with Crippen LogP contribution in [0.2, 0.25) is 5.02 Å². The lowest BCUT2D eigenvalue weighted by molar-refractivity contribution is -0.136. The number of aromatic nitrogens is 2. The number of halogens is 1. The molecule has 4 heterocycles. The largest absolute Gasteiger partial charge is 0.494 e. The van der Waals surface area contributed by atoms with E-state index in [1.54, 1.807) is 48.0 Å². The lowest BCUT2D eigenvalue weighted by Gasteiger charge is -2.34. The third-order valence-corrected chi connectivity index (χ3v) is 14.5. The van der Waals surface area contributed by atoms with Gasteiger partial charge in [-0.15, -0.1) is 11.8 Å². The van der Waals surface area contributed by atoms with Crippen LogP contribution in [0.15, 0.2) is 71.8 Å². The number of piperidine rings is 2. The van der Waals surface area contributed by atoms with E-state index < -0.39 is 13.6 Å². The molecular formula is C43H52ClN8O7PS. The van der Waals surface area contributed by atoms with Crippen molar-refractivity contribution >= 4 is 82.8 Å². The van der Waals surface area contributed by atoms with Gasteiger partial charge in [0.2, 0.25) is 17.8 Å². The summed E-state index contributed by atoms with van der Waals surface area (Å²) in [6.45, 7) is 3.28. The first-order chi connectivity index (χ1) is 29.6. The van der Waals surface area contributed by atoms with E-state index in [0.29, 0.717) is 58.8 Å². The van der Waals surface area contributed by atoms with Gasteiger partial charge in [0, 0.05) is 68.5 Å². The third kappa shape index (κ3) is 10.7. The Kier molecular flexibility index (Phi) is 14.9. The Hall–Kier alpha value is -4.70. The van der Waals surface area contributed by atoms with Crippen LogP contribution < -0.4 is 36.2 Å². The quantitative estimate of drug-likeness (QED) is 0.0317. The summed E-state index contributed by atoms with van der Waals surface area (Å²) in [5.74, 6) is 1.47. The van der Waals surface area contributed by atoms with Crippen molar-refractivity contribution in [1.29, 1.82) is 0 Å². The number of carbonyl (C=O) groups is 3. The van der Waals surface area contributed by atoms with Gasteiger partial charge in [-0.1, -0.05) is 36.6 Å². The van der Waals surface area contributed by atoms with Gasteiger partial charge in [-0.3, -0.25) is 24.3 Å². The zero-order chi connectivity index (χ0) is 42.9. The zero-order valence-corrected chi connectivity index (χ0v) is 37.0. The minimum atomic E-state index is -3.56. The highest BCUT2D eigenvalue weighted by atomic mass is 35.5. The van der Waals surface area contributed by atoms with Crippen LogP contribution in [0.5, 0.6) is 5.75 Å². The number of carbonyl (C=O) groups excluding carboxylic acids is 3. The molecule has 7 rings (SSSR count). The second-order valence-electron chi connectivity index (χ2n) is 15.1. The summed E-state index contributed by atoms with van der Waals surface area (Å²) in [6, 6.07) is 18.8. The first-order valence-electron chi connectivity index (χ1n) is 20.5. The zero-order valence-electron chi connectivity index (χ0n) is 34.6. The van der Waals surface area contributed by atoms with Crippen molar-refractivity contribution in [2.24, 2.45) is 0 Å². The lowest BCUT2D eigenvalue weighted by Crippen LogP contribution is -2.52. The fourth-order valence-electron chi connectivity index (χ4n) is 7.89. The molecule has 18 heteroatoms. The molecule has 3 aliphatic heterocycles. The molecule has 3 amide bonds. The first-order valence-corrected chi connectivity index (χ1v) is 23.4. The molecule has 61 heavy (non-hydrogen) atoms. The van der Waals surface area contributed by atoms with Crippen molar-refractivity contribution in [2.75, 3.05) is 62.3 Å². The number of nitrogens with zero attached hydrogens (tertiary/aromatic N) is 4. The van der Waals surface area contributed by atoms with Crippen molar-refractivity contribution in [3.63, 3.8) is 0 Å². The maximum absolute atomic E-state index is 13.2. The fraction of sp³-hybridized carbons (Fsp3) is 0.419. The summed E-state index contributed by atoms with van der Waals surface area (Å²) in [7, 11) is 0.747. The number of imide groups is 1. The van der Waals surface area contributed by atoms with E-state index in [4.69, 9.17) is 25.4 Å². The van der Waals surface area contributed by atoms with Crippen LogP contribution in [-0.4, -0.2) is 91.4 Å². The topological polar surface area (TPSA) is 176 Å². The van der Waals surface area contributed by atoms with E-state index >= 15 is 0 Å². The number of ether oxygens (including phenoxy) is 1. The summed E-state index contributed by atoms with van der Waals surface area (Å²) >= 11 is 8.28. The maximum atomic E-state index is 13.2. The predicted molar refractivity (Wildman–Crippen MR) is 239 cm³/mol. The number of anilines is 5. The van der Waals surface area contributed by atoms with E-state index in [0.717, 1.165) is 73.6 Å². The van der Waals surface area contributed by atoms with E-state index in [-0.39, 0.29) is 29.2 Å². The second kappa shape index (κ2) is 20.4. The van der Waals surface area contributed by atoms with Gasteiger partial charge in [0.1, 0.15) is 16.8 Å².